The number of amides is 3. The summed E-state index contributed by atoms with van der Waals surface area (Å²) in [5, 5.41) is 46.6. The van der Waals surface area contributed by atoms with Gasteiger partial charge in [-0.2, -0.15) is 0 Å². The van der Waals surface area contributed by atoms with E-state index in [1.54, 1.807) is 6.92 Å². The number of nitrogens with zero attached hydrogens (tertiary/aromatic N) is 2. The van der Waals surface area contributed by atoms with Crippen molar-refractivity contribution in [1.29, 1.82) is 0 Å². The molecule has 0 saturated carbocycles. The minimum atomic E-state index is -1.59. The molecule has 192 valence electrons. The first-order valence-electron chi connectivity index (χ1n) is 11.2. The van der Waals surface area contributed by atoms with E-state index in [0.717, 1.165) is 21.6 Å². The number of likely N-dealkylation sites (tertiary alicyclic amines) is 1. The summed E-state index contributed by atoms with van der Waals surface area (Å²) in [4.78, 5) is 62.4. The summed E-state index contributed by atoms with van der Waals surface area (Å²) in [6.45, 7) is 3.04. The molecular formula is C23H22N3Na3O9S. The molecule has 1 aromatic carbocycles. The van der Waals surface area contributed by atoms with E-state index in [1.165, 1.54) is 31.2 Å². The van der Waals surface area contributed by atoms with Crippen molar-refractivity contribution in [3.8, 4) is 0 Å². The van der Waals surface area contributed by atoms with Crippen LogP contribution >= 0.6 is 11.8 Å². The van der Waals surface area contributed by atoms with Gasteiger partial charge in [0, 0.05) is 28.3 Å². The van der Waals surface area contributed by atoms with Gasteiger partial charge >= 0.3 is 88.7 Å². The van der Waals surface area contributed by atoms with E-state index in [1.807, 2.05) is 0 Å². The number of thioether (sulfide) groups is 1. The maximum atomic E-state index is 12.9. The van der Waals surface area contributed by atoms with Gasteiger partial charge in [-0.1, -0.05) is 19.1 Å². The van der Waals surface area contributed by atoms with Gasteiger partial charge < -0.3 is 49.9 Å². The van der Waals surface area contributed by atoms with Gasteiger partial charge in [0.15, 0.2) is 0 Å². The number of benzene rings is 1. The Morgan fingerprint density at radius 1 is 1.10 bits per heavy atom. The standard InChI is InChI=1S/C23H25N3O9S.3Na/c1-9-16-15(10(2)27)20(29)26(16)17(22(32)33)18(9)36-13-7-14(25(8-13)23(34)35)19(28)24-12-5-3-4-11(6-12)21(30)31;;;/h3-6,9-10,13-16,27H,7-8H2,1-2H3,(H,24,28)(H,30,31)(H,32,33)(H,34,35);;;/q;3*+1/p-3/t9-,10-,13+,14+,15-,16-;;;/m1.../s1. The predicted molar refractivity (Wildman–Crippen MR) is 118 cm³/mol. The number of carboxylic acid groups (broad SMARTS) is 3. The van der Waals surface area contributed by atoms with Crippen LogP contribution in [-0.4, -0.2) is 74.7 Å². The van der Waals surface area contributed by atoms with Crippen molar-refractivity contribution in [2.75, 3.05) is 11.9 Å². The number of aromatic carboxylic acids is 1. The molecule has 0 spiro atoms. The number of anilines is 1. The maximum absolute atomic E-state index is 12.9. The van der Waals surface area contributed by atoms with Crippen LogP contribution in [0.4, 0.5) is 10.5 Å². The van der Waals surface area contributed by atoms with Crippen LogP contribution in [0.25, 0.3) is 0 Å². The van der Waals surface area contributed by atoms with Crippen molar-refractivity contribution in [2.45, 2.75) is 43.7 Å². The molecule has 3 aliphatic rings. The van der Waals surface area contributed by atoms with Crippen LogP contribution in [0.15, 0.2) is 34.9 Å². The predicted octanol–water partition coefficient (Wildman–Crippen LogP) is -11.7. The number of carbonyl (C=O) groups is 5. The second-order valence-electron chi connectivity index (χ2n) is 9.02. The van der Waals surface area contributed by atoms with Crippen molar-refractivity contribution in [3.05, 3.63) is 40.4 Å². The first kappa shape index (κ1) is 36.4. The van der Waals surface area contributed by atoms with Gasteiger partial charge in [0.2, 0.25) is 11.8 Å². The third-order valence-electron chi connectivity index (χ3n) is 6.76. The van der Waals surface area contributed by atoms with Crippen LogP contribution in [0.3, 0.4) is 0 Å². The zero-order valence-electron chi connectivity index (χ0n) is 22.2. The summed E-state index contributed by atoms with van der Waals surface area (Å²) >= 11 is 1.06. The molecular weight excluding hydrogens is 563 g/mol. The second kappa shape index (κ2) is 14.5. The molecule has 3 amide bonds. The number of hydrogen-bond acceptors (Lipinski definition) is 10. The van der Waals surface area contributed by atoms with E-state index < -0.39 is 65.1 Å². The van der Waals surface area contributed by atoms with Gasteiger partial charge in [0.25, 0.3) is 0 Å². The molecule has 3 heterocycles. The Hall–Kier alpha value is -0.580. The fraction of sp³-hybridized carbons (Fsp3) is 0.435. The summed E-state index contributed by atoms with van der Waals surface area (Å²) in [6, 6.07) is 3.56. The molecule has 39 heavy (non-hydrogen) atoms. The minimum Gasteiger partial charge on any atom is -0.545 e. The Kier molecular flexibility index (Phi) is 13.6. The fourth-order valence-corrected chi connectivity index (χ4v) is 6.65. The average Bonchev–Trinajstić information content (AvgIpc) is 3.32. The minimum absolute atomic E-state index is 0. The van der Waals surface area contributed by atoms with E-state index >= 15 is 0 Å². The van der Waals surface area contributed by atoms with E-state index in [-0.39, 0.29) is 119 Å². The number of carbonyl (C=O) groups excluding carboxylic acids is 5. The first-order valence-corrected chi connectivity index (χ1v) is 12.0. The number of aliphatic carboxylic acids is 1. The Labute approximate surface area is 294 Å². The van der Waals surface area contributed by atoms with Crippen LogP contribution < -0.4 is 109 Å². The summed E-state index contributed by atoms with van der Waals surface area (Å²) in [5.74, 6) is -5.43. The second-order valence-corrected chi connectivity index (χ2v) is 10.4. The van der Waals surface area contributed by atoms with Gasteiger partial charge in [-0.3, -0.25) is 9.59 Å². The summed E-state index contributed by atoms with van der Waals surface area (Å²) in [5.41, 5.74) is -0.336. The zero-order chi connectivity index (χ0) is 26.5. The van der Waals surface area contributed by atoms with Gasteiger partial charge in [0.05, 0.1) is 35.7 Å². The molecule has 4 rings (SSSR count). The Balaban J connectivity index is 0.00000253. The summed E-state index contributed by atoms with van der Waals surface area (Å²) < 4.78 is 0. The number of aliphatic hydroxyl groups is 1. The van der Waals surface area contributed by atoms with Crippen LogP contribution in [0.1, 0.15) is 30.6 Å². The number of β-lactam (4-membered cyclic amide) rings is 1. The topological polar surface area (TPSA) is 193 Å². The average molecular weight is 585 g/mol. The molecule has 0 aromatic heterocycles. The maximum Gasteiger partial charge on any atom is 1.00 e. The van der Waals surface area contributed by atoms with Gasteiger partial charge in [0.1, 0.15) is 12.1 Å². The number of carboxylic acids is 2. The first-order chi connectivity index (χ1) is 16.9. The van der Waals surface area contributed by atoms with E-state index in [9.17, 15) is 44.4 Å². The monoisotopic (exact) mass is 585 g/mol. The fourth-order valence-electron chi connectivity index (χ4n) is 5.13. The van der Waals surface area contributed by atoms with Crippen LogP contribution in [0.5, 0.6) is 0 Å². The number of hydrogen-bond donors (Lipinski definition) is 2. The van der Waals surface area contributed by atoms with Crippen LogP contribution in [0.2, 0.25) is 0 Å². The molecule has 0 radical (unpaired) electrons. The molecule has 2 N–H and O–H groups in total. The molecule has 2 saturated heterocycles. The molecule has 6 atom stereocenters. The van der Waals surface area contributed by atoms with Crippen molar-refractivity contribution in [3.63, 3.8) is 0 Å². The van der Waals surface area contributed by atoms with Crippen molar-refractivity contribution in [1.82, 2.24) is 9.80 Å². The third-order valence-corrected chi connectivity index (χ3v) is 8.26. The summed E-state index contributed by atoms with van der Waals surface area (Å²) in [7, 11) is 0. The van der Waals surface area contributed by atoms with Gasteiger partial charge in [-0.15, -0.1) is 11.8 Å². The molecule has 2 fully saturated rings. The number of rotatable bonds is 7. The van der Waals surface area contributed by atoms with E-state index in [0.29, 0.717) is 4.91 Å². The molecule has 3 aliphatic heterocycles. The Bertz CT molecular complexity index is 1200. The molecule has 1 aromatic rings. The van der Waals surface area contributed by atoms with Gasteiger partial charge in [-0.05, 0) is 31.0 Å². The molecule has 0 aliphatic carbocycles. The smallest absolute Gasteiger partial charge is 0.545 e. The van der Waals surface area contributed by atoms with E-state index in [4.69, 9.17) is 0 Å². The molecule has 16 heteroatoms. The zero-order valence-corrected chi connectivity index (χ0v) is 29.0. The largest absolute Gasteiger partial charge is 1.00 e. The SMILES string of the molecule is C[C@@H](O)[C@H]1C(=O)N2C(C(=O)[O-])=C(S[C@H]3C[C@@H](C(=O)Nc4cccc(C(=O)[O-])c4)N(C(=O)[O-])C3)[C@H](C)[C@H]12.[Na+].[Na+].[Na+]. The molecule has 0 bridgehead atoms. The number of nitrogens with one attached hydrogen (secondary N) is 1. The summed E-state index contributed by atoms with van der Waals surface area (Å²) in [6.07, 6.45) is -2.56. The van der Waals surface area contributed by atoms with Crippen molar-refractivity contribution in [2.24, 2.45) is 11.8 Å². The van der Waals surface area contributed by atoms with E-state index in [2.05, 4.69) is 5.32 Å². The Morgan fingerprint density at radius 2 is 1.74 bits per heavy atom. The normalized spacial score (nSPS) is 25.8. The third kappa shape index (κ3) is 7.08. The van der Waals surface area contributed by atoms with Crippen LogP contribution in [-0.2, 0) is 14.4 Å². The van der Waals surface area contributed by atoms with Crippen molar-refractivity contribution >= 4 is 47.3 Å². The number of fused-ring (bicyclic) bond motifs is 1. The quantitative estimate of drug-likeness (QED) is 0.229. The Morgan fingerprint density at radius 3 is 2.28 bits per heavy atom. The van der Waals surface area contributed by atoms with Gasteiger partial charge in [-0.25, -0.2) is 0 Å². The van der Waals surface area contributed by atoms with Crippen molar-refractivity contribution < 1.29 is 133 Å². The molecule has 0 unspecified atom stereocenters. The number of aliphatic hydroxyl groups excluding tert-OH is 1. The van der Waals surface area contributed by atoms with Crippen LogP contribution in [0, 0.1) is 11.8 Å². The molecule has 12 nitrogen and oxygen atoms in total.